The van der Waals surface area contributed by atoms with E-state index in [9.17, 15) is 4.79 Å². The minimum atomic E-state index is -0.112. The van der Waals surface area contributed by atoms with E-state index >= 15 is 0 Å². The van der Waals surface area contributed by atoms with Crippen molar-refractivity contribution in [1.82, 2.24) is 10.3 Å². The molecule has 0 bridgehead atoms. The van der Waals surface area contributed by atoms with Crippen LogP contribution in [-0.4, -0.2) is 29.9 Å². The predicted molar refractivity (Wildman–Crippen MR) is 74.9 cm³/mol. The fraction of sp³-hybridized carbons (Fsp3) is 0.357. The summed E-state index contributed by atoms with van der Waals surface area (Å²) in [5, 5.41) is 4.11. The normalized spacial score (nSPS) is 17.5. The largest absolute Gasteiger partial charge is 0.497 e. The van der Waals surface area contributed by atoms with Crippen molar-refractivity contribution >= 4 is 28.4 Å². The maximum atomic E-state index is 11.3. The van der Waals surface area contributed by atoms with E-state index < -0.39 is 0 Å². The average molecular weight is 279 g/mol. The Morgan fingerprint density at radius 2 is 2.37 bits per heavy atom. The van der Waals surface area contributed by atoms with Gasteiger partial charge in [0.2, 0.25) is 5.91 Å². The van der Waals surface area contributed by atoms with E-state index in [1.54, 1.807) is 7.11 Å². The van der Waals surface area contributed by atoms with Gasteiger partial charge in [-0.25, -0.2) is 0 Å². The van der Waals surface area contributed by atoms with Gasteiger partial charge < -0.3 is 15.0 Å². The number of ether oxygens (including phenoxy) is 1. The Bertz CT molecular complexity index is 636. The third kappa shape index (κ3) is 2.16. The summed E-state index contributed by atoms with van der Waals surface area (Å²) in [5.41, 5.74) is 3.59. The molecule has 2 N–H and O–H groups in total. The van der Waals surface area contributed by atoms with Crippen LogP contribution in [0, 0.1) is 0 Å². The third-order valence-corrected chi connectivity index (χ3v) is 3.83. The highest BCUT2D eigenvalue weighted by atomic mass is 35.5. The van der Waals surface area contributed by atoms with Crippen molar-refractivity contribution in [3.63, 3.8) is 0 Å². The van der Waals surface area contributed by atoms with Crippen LogP contribution in [0.15, 0.2) is 18.2 Å². The molecule has 0 fully saturated rings. The molecule has 100 valence electrons. The molecule has 0 saturated heterocycles. The van der Waals surface area contributed by atoms with Crippen LogP contribution in [0.4, 0.5) is 0 Å². The molecule has 1 aromatic heterocycles. The second-order valence-corrected chi connectivity index (χ2v) is 5.07. The second kappa shape index (κ2) is 4.78. The number of carbonyl (C=O) groups excluding carboxylic acids is 1. The number of aromatic nitrogens is 1. The summed E-state index contributed by atoms with van der Waals surface area (Å²) < 4.78 is 5.26. The second-order valence-electron chi connectivity index (χ2n) is 4.80. The van der Waals surface area contributed by atoms with Gasteiger partial charge in [-0.15, -0.1) is 11.6 Å². The number of H-pyrrole nitrogens is 1. The maximum absolute atomic E-state index is 11.3. The first-order valence-corrected chi connectivity index (χ1v) is 6.77. The Hall–Kier alpha value is -1.68. The van der Waals surface area contributed by atoms with Gasteiger partial charge in [-0.05, 0) is 30.2 Å². The molecule has 3 rings (SSSR count). The van der Waals surface area contributed by atoms with Gasteiger partial charge >= 0.3 is 0 Å². The number of hydrogen-bond acceptors (Lipinski definition) is 2. The van der Waals surface area contributed by atoms with Gasteiger partial charge in [0.15, 0.2) is 0 Å². The highest BCUT2D eigenvalue weighted by Crippen LogP contribution is 2.32. The lowest BCUT2D eigenvalue weighted by atomic mass is 10.1. The molecule has 1 atom stereocenters. The number of fused-ring (bicyclic) bond motifs is 3. The summed E-state index contributed by atoms with van der Waals surface area (Å²) in [6, 6.07) is 6.15. The Morgan fingerprint density at radius 3 is 3.11 bits per heavy atom. The van der Waals surface area contributed by atoms with Crippen molar-refractivity contribution < 1.29 is 9.53 Å². The van der Waals surface area contributed by atoms with Crippen LogP contribution in [0.5, 0.6) is 5.75 Å². The average Bonchev–Trinajstić information content (AvgIpc) is 2.95. The van der Waals surface area contributed by atoms with Crippen LogP contribution in [0.2, 0.25) is 0 Å². The molecule has 1 heterocycles. The zero-order valence-corrected chi connectivity index (χ0v) is 11.4. The fourth-order valence-electron chi connectivity index (χ4n) is 2.75. The Labute approximate surface area is 116 Å². The van der Waals surface area contributed by atoms with E-state index in [0.717, 1.165) is 24.1 Å². The number of methoxy groups -OCH3 is 1. The first-order valence-electron chi connectivity index (χ1n) is 6.24. The minimum absolute atomic E-state index is 0.0129. The number of alkyl halides is 1. The third-order valence-electron chi connectivity index (χ3n) is 3.59. The number of carbonyl (C=O) groups is 1. The smallest absolute Gasteiger partial charge is 0.235 e. The Morgan fingerprint density at radius 1 is 1.53 bits per heavy atom. The maximum Gasteiger partial charge on any atom is 0.235 e. The van der Waals surface area contributed by atoms with E-state index in [4.69, 9.17) is 16.3 Å². The summed E-state index contributed by atoms with van der Waals surface area (Å²) >= 11 is 5.51. The SMILES string of the molecule is COc1ccc2[nH]c3c(c2c1)CC(NC(=O)CCl)C3. The number of halogens is 1. The van der Waals surface area contributed by atoms with E-state index in [1.165, 1.54) is 16.6 Å². The topological polar surface area (TPSA) is 54.1 Å². The van der Waals surface area contributed by atoms with E-state index in [0.29, 0.717) is 0 Å². The minimum Gasteiger partial charge on any atom is -0.497 e. The van der Waals surface area contributed by atoms with Gasteiger partial charge in [0.05, 0.1) is 7.11 Å². The van der Waals surface area contributed by atoms with Crippen molar-refractivity contribution in [1.29, 1.82) is 0 Å². The quantitative estimate of drug-likeness (QED) is 0.844. The van der Waals surface area contributed by atoms with Crippen molar-refractivity contribution in [2.24, 2.45) is 0 Å². The van der Waals surface area contributed by atoms with Gasteiger partial charge in [0.25, 0.3) is 0 Å². The molecular formula is C14H15ClN2O2. The summed E-state index contributed by atoms with van der Waals surface area (Å²) in [4.78, 5) is 14.7. The molecule has 0 aliphatic heterocycles. The Kier molecular flexibility index (Phi) is 3.11. The van der Waals surface area contributed by atoms with E-state index in [-0.39, 0.29) is 17.8 Å². The van der Waals surface area contributed by atoms with Gasteiger partial charge in [-0.3, -0.25) is 4.79 Å². The molecule has 4 nitrogen and oxygen atoms in total. The molecule has 1 unspecified atom stereocenters. The van der Waals surface area contributed by atoms with Crippen LogP contribution < -0.4 is 10.1 Å². The van der Waals surface area contributed by atoms with Crippen molar-refractivity contribution in [2.45, 2.75) is 18.9 Å². The van der Waals surface area contributed by atoms with Crippen molar-refractivity contribution in [3.05, 3.63) is 29.5 Å². The summed E-state index contributed by atoms with van der Waals surface area (Å²) in [7, 11) is 1.66. The standard InChI is InChI=1S/C14H15ClN2O2/c1-19-9-2-3-12-11(6-9)10-4-8(5-13(10)17-12)16-14(18)7-15/h2-3,6,8,17H,4-5,7H2,1H3,(H,16,18). The van der Waals surface area contributed by atoms with Crippen LogP contribution in [-0.2, 0) is 17.6 Å². The summed E-state index contributed by atoms with van der Waals surface area (Å²) in [5.74, 6) is 0.750. The number of aromatic amines is 1. The molecule has 0 radical (unpaired) electrons. The highest BCUT2D eigenvalue weighted by Gasteiger charge is 2.26. The molecular weight excluding hydrogens is 264 g/mol. The summed E-state index contributed by atoms with van der Waals surface area (Å²) in [6.07, 6.45) is 1.67. The first-order chi connectivity index (χ1) is 9.21. The zero-order chi connectivity index (χ0) is 13.4. The molecule has 1 aliphatic carbocycles. The predicted octanol–water partition coefficient (Wildman–Crippen LogP) is 2.00. The van der Waals surface area contributed by atoms with Crippen LogP contribution in [0.1, 0.15) is 11.3 Å². The zero-order valence-electron chi connectivity index (χ0n) is 10.6. The van der Waals surface area contributed by atoms with Crippen LogP contribution in [0.3, 0.4) is 0 Å². The lowest BCUT2D eigenvalue weighted by molar-refractivity contribution is -0.119. The lowest BCUT2D eigenvalue weighted by Gasteiger charge is -2.11. The molecule has 19 heavy (non-hydrogen) atoms. The van der Waals surface area contributed by atoms with Gasteiger partial charge in [-0.1, -0.05) is 0 Å². The highest BCUT2D eigenvalue weighted by molar-refractivity contribution is 6.27. The number of nitrogens with one attached hydrogen (secondary N) is 2. The van der Waals surface area contributed by atoms with E-state index in [1.807, 2.05) is 18.2 Å². The van der Waals surface area contributed by atoms with Gasteiger partial charge in [0, 0.05) is 29.1 Å². The monoisotopic (exact) mass is 278 g/mol. The molecule has 1 amide bonds. The molecule has 1 aromatic carbocycles. The van der Waals surface area contributed by atoms with Gasteiger partial charge in [-0.2, -0.15) is 0 Å². The van der Waals surface area contributed by atoms with Crippen molar-refractivity contribution in [3.8, 4) is 5.75 Å². The van der Waals surface area contributed by atoms with Crippen LogP contribution in [0.25, 0.3) is 10.9 Å². The first kappa shape index (κ1) is 12.4. The number of amides is 1. The van der Waals surface area contributed by atoms with Crippen molar-refractivity contribution in [2.75, 3.05) is 13.0 Å². The molecule has 0 saturated carbocycles. The lowest BCUT2D eigenvalue weighted by Crippen LogP contribution is -2.36. The molecule has 0 spiro atoms. The summed E-state index contributed by atoms with van der Waals surface area (Å²) in [6.45, 7) is 0. The molecule has 1 aliphatic rings. The van der Waals surface area contributed by atoms with Gasteiger partial charge in [0.1, 0.15) is 11.6 Å². The Balaban J connectivity index is 1.89. The fourth-order valence-corrected chi connectivity index (χ4v) is 2.83. The van der Waals surface area contributed by atoms with E-state index in [2.05, 4.69) is 10.3 Å². The number of rotatable bonds is 3. The molecule has 2 aromatic rings. The number of benzene rings is 1. The number of hydrogen-bond donors (Lipinski definition) is 2. The van der Waals surface area contributed by atoms with Crippen LogP contribution >= 0.6 is 11.6 Å². The molecule has 5 heteroatoms.